The average Bonchev–Trinajstić information content (AvgIpc) is 2.88. The lowest BCUT2D eigenvalue weighted by Gasteiger charge is -2.16. The van der Waals surface area contributed by atoms with Gasteiger partial charge < -0.3 is 10.2 Å². The first kappa shape index (κ1) is 16.6. The van der Waals surface area contributed by atoms with Crippen molar-refractivity contribution in [2.75, 3.05) is 11.4 Å². The molecule has 0 unspecified atom stereocenters. The van der Waals surface area contributed by atoms with Crippen molar-refractivity contribution in [3.05, 3.63) is 75.8 Å². The molecule has 0 spiro atoms. The minimum Gasteiger partial charge on any atom is -0.348 e. The van der Waals surface area contributed by atoms with Gasteiger partial charge in [0.1, 0.15) is 5.03 Å². The molecule has 2 aromatic rings. The third-order valence-corrected chi connectivity index (χ3v) is 4.50. The largest absolute Gasteiger partial charge is 0.348 e. The number of benzene rings is 2. The minimum atomic E-state index is -0.331. The highest BCUT2D eigenvalue weighted by molar-refractivity contribution is 6.51. The van der Waals surface area contributed by atoms with Crippen LogP contribution in [0, 0.1) is 0 Å². The van der Waals surface area contributed by atoms with E-state index in [9.17, 15) is 9.59 Å². The van der Waals surface area contributed by atoms with E-state index in [1.165, 1.54) is 4.90 Å². The average molecular weight is 361 g/mol. The van der Waals surface area contributed by atoms with Crippen LogP contribution in [0.25, 0.3) is 0 Å². The lowest BCUT2D eigenvalue weighted by atomic mass is 10.1. The molecule has 0 saturated carbocycles. The van der Waals surface area contributed by atoms with Crippen LogP contribution in [0.3, 0.4) is 0 Å². The normalized spacial score (nSPS) is 14.2. The molecule has 1 heterocycles. The van der Waals surface area contributed by atoms with Crippen molar-refractivity contribution in [1.29, 1.82) is 0 Å². The first-order chi connectivity index (χ1) is 11.6. The summed E-state index contributed by atoms with van der Waals surface area (Å²) in [6.07, 6.45) is 0. The fraction of sp³-hybridized carbons (Fsp3) is 0.111. The molecule has 0 fully saturated rings. The van der Waals surface area contributed by atoms with Gasteiger partial charge in [-0.25, -0.2) is 0 Å². The molecule has 0 aliphatic carbocycles. The zero-order chi connectivity index (χ0) is 17.1. The first-order valence-corrected chi connectivity index (χ1v) is 8.10. The van der Waals surface area contributed by atoms with Crippen molar-refractivity contribution in [2.24, 2.45) is 0 Å². The molecule has 0 atom stereocenters. The van der Waals surface area contributed by atoms with Crippen LogP contribution >= 0.6 is 23.2 Å². The van der Waals surface area contributed by atoms with Crippen LogP contribution in [0.4, 0.5) is 5.69 Å². The Balaban J connectivity index is 1.64. The van der Waals surface area contributed by atoms with Crippen molar-refractivity contribution in [2.45, 2.75) is 6.54 Å². The van der Waals surface area contributed by atoms with E-state index < -0.39 is 0 Å². The van der Waals surface area contributed by atoms with E-state index in [2.05, 4.69) is 5.32 Å². The van der Waals surface area contributed by atoms with Crippen molar-refractivity contribution < 1.29 is 9.59 Å². The van der Waals surface area contributed by atoms with Gasteiger partial charge in [-0.1, -0.05) is 53.5 Å². The lowest BCUT2D eigenvalue weighted by Crippen LogP contribution is -2.26. The molecule has 1 aliphatic rings. The molecule has 24 heavy (non-hydrogen) atoms. The summed E-state index contributed by atoms with van der Waals surface area (Å²) in [5.41, 5.74) is 2.19. The number of hydrogen-bond donors (Lipinski definition) is 1. The zero-order valence-electron chi connectivity index (χ0n) is 12.6. The van der Waals surface area contributed by atoms with E-state index in [-0.39, 0.29) is 23.4 Å². The van der Waals surface area contributed by atoms with E-state index in [0.29, 0.717) is 22.8 Å². The summed E-state index contributed by atoms with van der Waals surface area (Å²) in [6.45, 7) is 0.708. The Kier molecular flexibility index (Phi) is 4.88. The summed E-state index contributed by atoms with van der Waals surface area (Å²) < 4.78 is 0. The second kappa shape index (κ2) is 7.07. The van der Waals surface area contributed by atoms with Gasteiger partial charge in [-0.3, -0.25) is 9.59 Å². The van der Waals surface area contributed by atoms with Crippen molar-refractivity contribution in [3.63, 3.8) is 0 Å². The molecule has 0 saturated heterocycles. The van der Waals surface area contributed by atoms with Gasteiger partial charge in [0.2, 0.25) is 0 Å². The predicted octanol–water partition coefficient (Wildman–Crippen LogP) is 3.65. The quantitative estimate of drug-likeness (QED) is 0.904. The standard InChI is InChI=1S/C18H14Cl2N2O2/c19-15-11-22(18(24)16(15)20)14-8-6-13(7-9-14)17(23)21-10-12-4-2-1-3-5-12/h1-9H,10-11H2,(H,21,23). The molecule has 122 valence electrons. The molecule has 0 aromatic heterocycles. The molecule has 6 heteroatoms. The molecular weight excluding hydrogens is 347 g/mol. The van der Waals surface area contributed by atoms with Gasteiger partial charge in [0.25, 0.3) is 11.8 Å². The summed E-state index contributed by atoms with van der Waals surface area (Å²) in [6, 6.07) is 16.4. The lowest BCUT2D eigenvalue weighted by molar-refractivity contribution is -0.114. The van der Waals surface area contributed by atoms with Gasteiger partial charge in [-0.05, 0) is 29.8 Å². The molecule has 4 nitrogen and oxygen atoms in total. The summed E-state index contributed by atoms with van der Waals surface area (Å²) >= 11 is 11.7. The predicted molar refractivity (Wildman–Crippen MR) is 95.1 cm³/mol. The number of anilines is 1. The van der Waals surface area contributed by atoms with Gasteiger partial charge in [-0.15, -0.1) is 0 Å². The number of rotatable bonds is 4. The molecule has 2 aromatic carbocycles. The summed E-state index contributed by atoms with van der Waals surface area (Å²) in [4.78, 5) is 25.6. The van der Waals surface area contributed by atoms with Crippen LogP contribution < -0.4 is 10.2 Å². The Morgan fingerprint density at radius 2 is 1.71 bits per heavy atom. The van der Waals surface area contributed by atoms with E-state index in [4.69, 9.17) is 23.2 Å². The summed E-state index contributed by atoms with van der Waals surface area (Å²) in [5.74, 6) is -0.504. The van der Waals surface area contributed by atoms with Gasteiger partial charge in [0, 0.05) is 17.8 Å². The number of nitrogens with one attached hydrogen (secondary N) is 1. The van der Waals surface area contributed by atoms with E-state index in [0.717, 1.165) is 5.56 Å². The van der Waals surface area contributed by atoms with E-state index in [1.807, 2.05) is 30.3 Å². The Hall–Kier alpha value is -2.30. The highest BCUT2D eigenvalue weighted by Crippen LogP contribution is 2.29. The maximum absolute atomic E-state index is 12.2. The van der Waals surface area contributed by atoms with Gasteiger partial charge in [-0.2, -0.15) is 0 Å². The topological polar surface area (TPSA) is 49.4 Å². The number of carbonyl (C=O) groups excluding carboxylic acids is 2. The number of amides is 2. The number of nitrogens with zero attached hydrogens (tertiary/aromatic N) is 1. The van der Waals surface area contributed by atoms with Gasteiger partial charge in [0.15, 0.2) is 0 Å². The summed E-state index contributed by atoms with van der Waals surface area (Å²) in [5, 5.41) is 3.23. The summed E-state index contributed by atoms with van der Waals surface area (Å²) in [7, 11) is 0. The van der Waals surface area contributed by atoms with Gasteiger partial charge >= 0.3 is 0 Å². The third-order valence-electron chi connectivity index (χ3n) is 3.71. The Morgan fingerprint density at radius 3 is 2.29 bits per heavy atom. The SMILES string of the molecule is O=C(NCc1ccccc1)c1ccc(N2CC(Cl)=C(Cl)C2=O)cc1. The highest BCUT2D eigenvalue weighted by atomic mass is 35.5. The van der Waals surface area contributed by atoms with Crippen molar-refractivity contribution >= 4 is 40.7 Å². The van der Waals surface area contributed by atoms with Crippen LogP contribution in [-0.2, 0) is 11.3 Å². The molecule has 0 bridgehead atoms. The smallest absolute Gasteiger partial charge is 0.271 e. The Labute approximate surface area is 149 Å². The van der Waals surface area contributed by atoms with Crippen LogP contribution in [0.15, 0.2) is 64.7 Å². The highest BCUT2D eigenvalue weighted by Gasteiger charge is 2.29. The molecule has 1 aliphatic heterocycles. The second-order valence-electron chi connectivity index (χ2n) is 5.33. The van der Waals surface area contributed by atoms with E-state index in [1.54, 1.807) is 24.3 Å². The van der Waals surface area contributed by atoms with Gasteiger partial charge in [0.05, 0.1) is 11.6 Å². The van der Waals surface area contributed by atoms with E-state index >= 15 is 0 Å². The number of carbonyl (C=O) groups is 2. The number of halogens is 2. The molecular formula is C18H14Cl2N2O2. The first-order valence-electron chi connectivity index (χ1n) is 7.34. The monoisotopic (exact) mass is 360 g/mol. The third kappa shape index (κ3) is 3.45. The second-order valence-corrected chi connectivity index (χ2v) is 6.16. The Morgan fingerprint density at radius 1 is 1.04 bits per heavy atom. The molecule has 2 amide bonds. The minimum absolute atomic E-state index is 0.0429. The molecule has 3 rings (SSSR count). The van der Waals surface area contributed by atoms with Crippen LogP contribution in [0.1, 0.15) is 15.9 Å². The fourth-order valence-electron chi connectivity index (χ4n) is 2.40. The maximum Gasteiger partial charge on any atom is 0.271 e. The van der Waals surface area contributed by atoms with Crippen molar-refractivity contribution in [1.82, 2.24) is 5.32 Å². The Bertz CT molecular complexity index is 802. The van der Waals surface area contributed by atoms with Crippen LogP contribution in [0.5, 0.6) is 0 Å². The van der Waals surface area contributed by atoms with Crippen LogP contribution in [-0.4, -0.2) is 18.4 Å². The van der Waals surface area contributed by atoms with Crippen LogP contribution in [0.2, 0.25) is 0 Å². The molecule has 0 radical (unpaired) electrons. The maximum atomic E-state index is 12.2. The fourth-order valence-corrected chi connectivity index (χ4v) is 2.76. The molecule has 1 N–H and O–H groups in total. The van der Waals surface area contributed by atoms with Crippen molar-refractivity contribution in [3.8, 4) is 0 Å². The number of hydrogen-bond acceptors (Lipinski definition) is 2. The zero-order valence-corrected chi connectivity index (χ0v) is 14.1.